The molecule has 2 unspecified atom stereocenters. The number of hydrogen-bond donors (Lipinski definition) is 0. The van der Waals surface area contributed by atoms with Crippen LogP contribution in [0.2, 0.25) is 0 Å². The molecule has 2 rings (SSSR count). The number of unbranched alkanes of at least 4 members (excludes halogenated alkanes) is 1. The lowest BCUT2D eigenvalue weighted by Gasteiger charge is -2.53. The average Bonchev–Trinajstić information content (AvgIpc) is 2.55. The van der Waals surface area contributed by atoms with Crippen molar-refractivity contribution in [2.24, 2.45) is 5.41 Å². The van der Waals surface area contributed by atoms with Crippen molar-refractivity contribution in [3.05, 3.63) is 0 Å². The monoisotopic (exact) mass is 288 g/mol. The molecule has 16 heavy (non-hydrogen) atoms. The van der Waals surface area contributed by atoms with E-state index in [2.05, 4.69) is 22.9 Å². The summed E-state index contributed by atoms with van der Waals surface area (Å²) in [5.74, 6) is 0. The highest BCUT2D eigenvalue weighted by atomic mass is 79.9. The molecular weight excluding hydrogens is 264 g/mol. The number of ether oxygens (including phenoxy) is 1. The van der Waals surface area contributed by atoms with Crippen LogP contribution in [0.5, 0.6) is 0 Å². The maximum atomic E-state index is 6.11. The van der Waals surface area contributed by atoms with E-state index in [1.54, 1.807) is 0 Å². The summed E-state index contributed by atoms with van der Waals surface area (Å²) in [7, 11) is 0. The molecule has 1 spiro atoms. The summed E-state index contributed by atoms with van der Waals surface area (Å²) >= 11 is 3.88. The number of rotatable bonds is 4. The molecule has 1 nitrogen and oxygen atoms in total. The molecule has 94 valence electrons. The standard InChI is InChI=1S/C14H25BrO/c1-2-3-10-16-13-11-12(15)14(13)8-6-4-5-7-9-14/h12-13H,2-11H2,1H3. The maximum Gasteiger partial charge on any atom is 0.0652 e. The van der Waals surface area contributed by atoms with Gasteiger partial charge >= 0.3 is 0 Å². The lowest BCUT2D eigenvalue weighted by Crippen LogP contribution is -2.55. The van der Waals surface area contributed by atoms with Crippen molar-refractivity contribution in [3.8, 4) is 0 Å². The van der Waals surface area contributed by atoms with Gasteiger partial charge in [-0.15, -0.1) is 0 Å². The Balaban J connectivity index is 1.88. The summed E-state index contributed by atoms with van der Waals surface area (Å²) in [6.07, 6.45) is 12.7. The third-order valence-corrected chi connectivity index (χ3v) is 5.82. The molecule has 2 atom stereocenters. The highest BCUT2D eigenvalue weighted by Crippen LogP contribution is 2.55. The zero-order valence-electron chi connectivity index (χ0n) is 10.5. The first-order valence-corrected chi connectivity index (χ1v) is 7.97. The Hall–Kier alpha value is 0.440. The summed E-state index contributed by atoms with van der Waals surface area (Å²) in [5, 5.41) is 0. The van der Waals surface area contributed by atoms with Gasteiger partial charge in [0.25, 0.3) is 0 Å². The molecule has 0 N–H and O–H groups in total. The summed E-state index contributed by atoms with van der Waals surface area (Å²) in [6.45, 7) is 3.21. The number of hydrogen-bond acceptors (Lipinski definition) is 1. The van der Waals surface area contributed by atoms with Crippen LogP contribution in [0.3, 0.4) is 0 Å². The van der Waals surface area contributed by atoms with Gasteiger partial charge in [-0.25, -0.2) is 0 Å². The second kappa shape index (κ2) is 5.86. The van der Waals surface area contributed by atoms with Crippen LogP contribution in [0.15, 0.2) is 0 Å². The topological polar surface area (TPSA) is 9.23 Å². The molecule has 2 aliphatic carbocycles. The smallest absolute Gasteiger partial charge is 0.0652 e. The molecule has 0 aromatic heterocycles. The van der Waals surface area contributed by atoms with Crippen LogP contribution in [0.1, 0.15) is 64.7 Å². The number of halogens is 1. The zero-order chi connectivity index (χ0) is 11.4. The van der Waals surface area contributed by atoms with E-state index in [1.807, 2.05) is 0 Å². The Kier molecular flexibility index (Phi) is 4.72. The van der Waals surface area contributed by atoms with Crippen molar-refractivity contribution in [1.29, 1.82) is 0 Å². The molecule has 0 bridgehead atoms. The second-order valence-electron chi connectivity index (χ2n) is 5.56. The second-order valence-corrected chi connectivity index (χ2v) is 6.67. The molecule has 0 aliphatic heterocycles. The highest BCUT2D eigenvalue weighted by molar-refractivity contribution is 9.09. The van der Waals surface area contributed by atoms with Crippen LogP contribution in [0, 0.1) is 5.41 Å². The van der Waals surface area contributed by atoms with Crippen LogP contribution in [0.25, 0.3) is 0 Å². The van der Waals surface area contributed by atoms with E-state index in [0.29, 0.717) is 11.5 Å². The molecule has 2 aliphatic rings. The molecule has 0 radical (unpaired) electrons. The summed E-state index contributed by atoms with van der Waals surface area (Å²) in [6, 6.07) is 0. The van der Waals surface area contributed by atoms with Crippen LogP contribution in [-0.4, -0.2) is 17.5 Å². The quantitative estimate of drug-likeness (QED) is 0.539. The van der Waals surface area contributed by atoms with Crippen molar-refractivity contribution in [2.45, 2.75) is 75.6 Å². The average molecular weight is 289 g/mol. The summed E-state index contributed by atoms with van der Waals surface area (Å²) < 4.78 is 6.11. The Morgan fingerprint density at radius 3 is 2.44 bits per heavy atom. The Bertz CT molecular complexity index is 209. The van der Waals surface area contributed by atoms with Gasteiger partial charge in [0.1, 0.15) is 0 Å². The van der Waals surface area contributed by atoms with E-state index < -0.39 is 0 Å². The van der Waals surface area contributed by atoms with Gasteiger partial charge in [0.2, 0.25) is 0 Å². The lowest BCUT2D eigenvalue weighted by molar-refractivity contribution is -0.112. The van der Waals surface area contributed by atoms with Gasteiger partial charge in [-0.2, -0.15) is 0 Å². The summed E-state index contributed by atoms with van der Waals surface area (Å²) in [5.41, 5.74) is 0.504. The molecule has 0 aromatic carbocycles. The predicted molar refractivity (Wildman–Crippen MR) is 72.1 cm³/mol. The van der Waals surface area contributed by atoms with E-state index in [0.717, 1.165) is 11.4 Å². The molecule has 2 fully saturated rings. The fourth-order valence-electron chi connectivity index (χ4n) is 3.32. The van der Waals surface area contributed by atoms with E-state index in [1.165, 1.54) is 57.8 Å². The number of alkyl halides is 1. The molecule has 0 amide bonds. The normalized spacial score (nSPS) is 33.4. The SMILES string of the molecule is CCCCOC1CC(Br)C12CCCCCC2. The predicted octanol–water partition coefficient (Wildman–Crippen LogP) is 4.68. The van der Waals surface area contributed by atoms with E-state index >= 15 is 0 Å². The van der Waals surface area contributed by atoms with Gasteiger partial charge in [-0.3, -0.25) is 0 Å². The van der Waals surface area contributed by atoms with Gasteiger partial charge in [0.15, 0.2) is 0 Å². The van der Waals surface area contributed by atoms with Gasteiger partial charge in [0.05, 0.1) is 6.10 Å². The van der Waals surface area contributed by atoms with E-state index in [4.69, 9.17) is 4.74 Å². The van der Waals surface area contributed by atoms with Gasteiger partial charge < -0.3 is 4.74 Å². The Morgan fingerprint density at radius 1 is 1.19 bits per heavy atom. The Morgan fingerprint density at radius 2 is 1.88 bits per heavy atom. The molecule has 0 heterocycles. The minimum atomic E-state index is 0.504. The summed E-state index contributed by atoms with van der Waals surface area (Å²) in [4.78, 5) is 0.727. The first-order valence-electron chi connectivity index (χ1n) is 7.05. The third kappa shape index (κ3) is 2.48. The highest BCUT2D eigenvalue weighted by Gasteiger charge is 2.53. The molecule has 0 saturated heterocycles. The van der Waals surface area contributed by atoms with Crippen molar-refractivity contribution >= 4 is 15.9 Å². The minimum Gasteiger partial charge on any atom is -0.378 e. The van der Waals surface area contributed by atoms with Gasteiger partial charge in [0, 0.05) is 16.8 Å². The Labute approximate surface area is 108 Å². The largest absolute Gasteiger partial charge is 0.378 e. The fraction of sp³-hybridized carbons (Fsp3) is 1.00. The van der Waals surface area contributed by atoms with Crippen molar-refractivity contribution < 1.29 is 4.74 Å². The maximum absolute atomic E-state index is 6.11. The van der Waals surface area contributed by atoms with Crippen molar-refractivity contribution in [1.82, 2.24) is 0 Å². The molecule has 0 aromatic rings. The molecule has 2 heteroatoms. The minimum absolute atomic E-state index is 0.504. The fourth-order valence-corrected chi connectivity index (χ4v) is 4.42. The van der Waals surface area contributed by atoms with Crippen LogP contribution >= 0.6 is 15.9 Å². The third-order valence-electron chi connectivity index (χ3n) is 4.54. The van der Waals surface area contributed by atoms with Crippen LogP contribution in [-0.2, 0) is 4.74 Å². The molecular formula is C14H25BrO. The van der Waals surface area contributed by atoms with Gasteiger partial charge in [-0.1, -0.05) is 55.0 Å². The van der Waals surface area contributed by atoms with Gasteiger partial charge in [-0.05, 0) is 25.7 Å². The van der Waals surface area contributed by atoms with E-state index in [-0.39, 0.29) is 0 Å². The van der Waals surface area contributed by atoms with Crippen molar-refractivity contribution in [3.63, 3.8) is 0 Å². The first-order chi connectivity index (χ1) is 7.79. The molecule has 2 saturated carbocycles. The van der Waals surface area contributed by atoms with Crippen molar-refractivity contribution in [2.75, 3.05) is 6.61 Å². The van der Waals surface area contributed by atoms with Crippen LogP contribution < -0.4 is 0 Å². The lowest BCUT2D eigenvalue weighted by atomic mass is 9.61. The zero-order valence-corrected chi connectivity index (χ0v) is 12.1. The van der Waals surface area contributed by atoms with E-state index in [9.17, 15) is 0 Å². The van der Waals surface area contributed by atoms with Crippen LogP contribution in [0.4, 0.5) is 0 Å². The first kappa shape index (κ1) is 12.9.